The Morgan fingerprint density at radius 2 is 1.91 bits per heavy atom. The van der Waals surface area contributed by atoms with Crippen LogP contribution in [-0.4, -0.2) is 25.9 Å². The predicted octanol–water partition coefficient (Wildman–Crippen LogP) is 3.20. The number of fused-ring (bicyclic) bond motifs is 1. The number of methoxy groups -OCH3 is 2. The van der Waals surface area contributed by atoms with E-state index >= 15 is 0 Å². The smallest absolute Gasteiger partial charge is 0.129 e. The maximum Gasteiger partial charge on any atom is 0.129 e. The van der Waals surface area contributed by atoms with Crippen molar-refractivity contribution in [3.63, 3.8) is 0 Å². The van der Waals surface area contributed by atoms with E-state index in [9.17, 15) is 5.11 Å². The molecule has 0 radical (unpaired) electrons. The molecule has 0 fully saturated rings. The Kier molecular flexibility index (Phi) is 4.09. The van der Waals surface area contributed by atoms with Gasteiger partial charge in [0.15, 0.2) is 0 Å². The zero-order chi connectivity index (χ0) is 15.5. The Bertz CT molecular complexity index is 632. The van der Waals surface area contributed by atoms with Crippen molar-refractivity contribution in [1.82, 2.24) is 0 Å². The van der Waals surface area contributed by atoms with E-state index in [4.69, 9.17) is 14.2 Å². The average Bonchev–Trinajstić information content (AvgIpc) is 2.56. The molecule has 1 aliphatic heterocycles. The summed E-state index contributed by atoms with van der Waals surface area (Å²) < 4.78 is 16.7. The molecule has 1 atom stereocenters. The number of ether oxygens (including phenoxy) is 3. The van der Waals surface area contributed by atoms with Crippen molar-refractivity contribution >= 4 is 0 Å². The van der Waals surface area contributed by atoms with Crippen LogP contribution in [0, 0.1) is 5.92 Å². The van der Waals surface area contributed by atoms with Crippen molar-refractivity contribution in [2.24, 2.45) is 5.92 Å². The first-order valence-corrected chi connectivity index (χ1v) is 7.35. The van der Waals surface area contributed by atoms with Crippen LogP contribution in [0.15, 0.2) is 36.4 Å². The molecule has 1 heterocycles. The molecule has 3 rings (SSSR count). The van der Waals surface area contributed by atoms with Crippen LogP contribution in [0.1, 0.15) is 11.1 Å². The molecule has 4 nitrogen and oxygen atoms in total. The summed E-state index contributed by atoms with van der Waals surface area (Å²) in [6, 6.07) is 11.2. The number of benzene rings is 2. The van der Waals surface area contributed by atoms with Crippen LogP contribution in [-0.2, 0) is 12.8 Å². The summed E-state index contributed by atoms with van der Waals surface area (Å²) in [5, 5.41) is 9.36. The minimum atomic E-state index is 0.294. The van der Waals surface area contributed by atoms with Gasteiger partial charge in [0.2, 0.25) is 0 Å². The lowest BCUT2D eigenvalue weighted by Crippen LogP contribution is -2.23. The predicted molar refractivity (Wildman–Crippen MR) is 84.0 cm³/mol. The van der Waals surface area contributed by atoms with Crippen LogP contribution in [0.5, 0.6) is 23.0 Å². The quantitative estimate of drug-likeness (QED) is 0.942. The van der Waals surface area contributed by atoms with E-state index in [1.165, 1.54) is 5.56 Å². The molecule has 1 N–H and O–H groups in total. The zero-order valence-electron chi connectivity index (χ0n) is 12.8. The largest absolute Gasteiger partial charge is 0.508 e. The van der Waals surface area contributed by atoms with Crippen LogP contribution in [0.4, 0.5) is 0 Å². The Hall–Kier alpha value is -2.36. The summed E-state index contributed by atoms with van der Waals surface area (Å²) in [5.41, 5.74) is 2.29. The number of hydrogen-bond donors (Lipinski definition) is 1. The van der Waals surface area contributed by atoms with E-state index < -0.39 is 0 Å². The lowest BCUT2D eigenvalue weighted by Gasteiger charge is -2.27. The van der Waals surface area contributed by atoms with Gasteiger partial charge in [0.05, 0.1) is 20.8 Å². The zero-order valence-corrected chi connectivity index (χ0v) is 12.8. The number of phenols is 1. The lowest BCUT2D eigenvalue weighted by molar-refractivity contribution is 0.216. The third-order valence-electron chi connectivity index (χ3n) is 4.03. The van der Waals surface area contributed by atoms with E-state index in [2.05, 4.69) is 0 Å². The van der Waals surface area contributed by atoms with Gasteiger partial charge in [-0.25, -0.2) is 0 Å². The molecule has 0 saturated carbocycles. The van der Waals surface area contributed by atoms with Gasteiger partial charge < -0.3 is 19.3 Å². The van der Waals surface area contributed by atoms with Gasteiger partial charge in [-0.15, -0.1) is 0 Å². The van der Waals surface area contributed by atoms with Crippen LogP contribution in [0.3, 0.4) is 0 Å². The summed E-state index contributed by atoms with van der Waals surface area (Å²) in [4.78, 5) is 0. The molecular formula is C18H20O4. The Morgan fingerprint density at radius 3 is 2.59 bits per heavy atom. The summed E-state index contributed by atoms with van der Waals surface area (Å²) in [6.07, 6.45) is 1.82. The maximum atomic E-state index is 9.36. The fourth-order valence-corrected chi connectivity index (χ4v) is 2.88. The molecule has 2 aromatic rings. The molecule has 116 valence electrons. The van der Waals surface area contributed by atoms with E-state index in [0.29, 0.717) is 18.3 Å². The molecule has 1 aliphatic rings. The topological polar surface area (TPSA) is 47.9 Å². The van der Waals surface area contributed by atoms with E-state index in [1.54, 1.807) is 26.4 Å². The second-order valence-electron chi connectivity index (χ2n) is 5.56. The van der Waals surface area contributed by atoms with Gasteiger partial charge in [0.1, 0.15) is 23.0 Å². The van der Waals surface area contributed by atoms with Crippen molar-refractivity contribution in [2.45, 2.75) is 12.8 Å². The first-order chi connectivity index (χ1) is 10.7. The first-order valence-electron chi connectivity index (χ1n) is 7.35. The molecular weight excluding hydrogens is 280 g/mol. The minimum absolute atomic E-state index is 0.294. The Labute approximate surface area is 130 Å². The monoisotopic (exact) mass is 300 g/mol. The van der Waals surface area contributed by atoms with Crippen LogP contribution < -0.4 is 14.2 Å². The van der Waals surface area contributed by atoms with Gasteiger partial charge in [-0.1, -0.05) is 12.1 Å². The minimum Gasteiger partial charge on any atom is -0.508 e. The molecule has 1 unspecified atom stereocenters. The molecule has 0 spiro atoms. The molecule has 0 saturated heterocycles. The molecule has 0 aliphatic carbocycles. The summed E-state index contributed by atoms with van der Waals surface area (Å²) in [5.74, 6) is 3.08. The van der Waals surface area contributed by atoms with Crippen molar-refractivity contribution in [3.05, 3.63) is 47.5 Å². The van der Waals surface area contributed by atoms with Crippen molar-refractivity contribution in [2.75, 3.05) is 20.8 Å². The van der Waals surface area contributed by atoms with Gasteiger partial charge in [0.25, 0.3) is 0 Å². The highest BCUT2D eigenvalue weighted by molar-refractivity contribution is 5.51. The molecule has 0 bridgehead atoms. The fraction of sp³-hybridized carbons (Fsp3) is 0.333. The number of rotatable bonds is 4. The van der Waals surface area contributed by atoms with Gasteiger partial charge >= 0.3 is 0 Å². The number of phenolic OH excluding ortho intramolecular Hbond substituents is 1. The molecule has 0 aromatic heterocycles. The molecule has 4 heteroatoms. The van der Waals surface area contributed by atoms with Crippen molar-refractivity contribution in [1.29, 1.82) is 0 Å². The number of hydrogen-bond acceptors (Lipinski definition) is 4. The van der Waals surface area contributed by atoms with Crippen molar-refractivity contribution < 1.29 is 19.3 Å². The highest BCUT2D eigenvalue weighted by Crippen LogP contribution is 2.39. The second kappa shape index (κ2) is 6.18. The van der Waals surface area contributed by atoms with Gasteiger partial charge in [-0.2, -0.15) is 0 Å². The van der Waals surface area contributed by atoms with E-state index in [-0.39, 0.29) is 0 Å². The Balaban J connectivity index is 1.79. The lowest BCUT2D eigenvalue weighted by atomic mass is 9.90. The normalized spacial score (nSPS) is 16.5. The maximum absolute atomic E-state index is 9.36. The highest BCUT2D eigenvalue weighted by atomic mass is 16.5. The van der Waals surface area contributed by atoms with Gasteiger partial charge in [0, 0.05) is 23.6 Å². The number of aromatic hydroxyl groups is 1. The fourth-order valence-electron chi connectivity index (χ4n) is 2.88. The molecule has 2 aromatic carbocycles. The van der Waals surface area contributed by atoms with Crippen LogP contribution in [0.25, 0.3) is 0 Å². The van der Waals surface area contributed by atoms with Crippen molar-refractivity contribution in [3.8, 4) is 23.0 Å². The van der Waals surface area contributed by atoms with Crippen LogP contribution >= 0.6 is 0 Å². The standard InChI is InChI=1S/C18H20O4/c1-20-15-9-17(21-2)16-8-13(11-22-18(16)10-15)7-12-3-5-14(19)6-4-12/h3-6,9-10,13,19H,7-8,11H2,1-2H3. The Morgan fingerprint density at radius 1 is 1.14 bits per heavy atom. The molecule has 0 amide bonds. The van der Waals surface area contributed by atoms with E-state index in [0.717, 1.165) is 35.7 Å². The third-order valence-corrected chi connectivity index (χ3v) is 4.03. The SMILES string of the molecule is COc1cc(OC)c2c(c1)OCC(Cc1ccc(O)cc1)C2. The third kappa shape index (κ3) is 2.96. The van der Waals surface area contributed by atoms with E-state index in [1.807, 2.05) is 24.3 Å². The average molecular weight is 300 g/mol. The first kappa shape index (κ1) is 14.6. The summed E-state index contributed by atoms with van der Waals surface area (Å²) in [7, 11) is 3.30. The van der Waals surface area contributed by atoms with Gasteiger partial charge in [-0.05, 0) is 30.5 Å². The van der Waals surface area contributed by atoms with Gasteiger partial charge in [-0.3, -0.25) is 0 Å². The van der Waals surface area contributed by atoms with Crippen LogP contribution in [0.2, 0.25) is 0 Å². The highest BCUT2D eigenvalue weighted by Gasteiger charge is 2.24. The summed E-state index contributed by atoms with van der Waals surface area (Å²) >= 11 is 0. The summed E-state index contributed by atoms with van der Waals surface area (Å²) in [6.45, 7) is 0.671. The second-order valence-corrected chi connectivity index (χ2v) is 5.56. The molecule has 22 heavy (non-hydrogen) atoms.